The average molecular weight is 552 g/mol. The molecule has 10 heteroatoms. The molecule has 0 aliphatic carbocycles. The first-order valence-corrected chi connectivity index (χ1v) is 13.9. The molecular formula is C29H37N5O4S. The number of carbonyl (C=O) groups is 4. The fourth-order valence-corrected chi connectivity index (χ4v) is 5.18. The maximum absolute atomic E-state index is 13.4. The van der Waals surface area contributed by atoms with Crippen LogP contribution < -0.4 is 22.1 Å². The van der Waals surface area contributed by atoms with Gasteiger partial charge in [-0.15, -0.1) is 11.3 Å². The number of nitrogens with two attached hydrogens (primary N) is 2. The highest BCUT2D eigenvalue weighted by Gasteiger charge is 2.32. The first-order chi connectivity index (χ1) is 18.7. The number of unbranched alkanes of at least 4 members (excludes halogenated alkanes) is 1. The number of nitrogens with zero attached hydrogens (tertiary/aromatic N) is 1. The molecule has 6 N–H and O–H groups in total. The lowest BCUT2D eigenvalue weighted by Gasteiger charge is -2.30. The number of primary amides is 1. The number of rotatable bonds is 14. The lowest BCUT2D eigenvalue weighted by Crippen LogP contribution is -2.56. The van der Waals surface area contributed by atoms with E-state index in [0.717, 1.165) is 21.2 Å². The van der Waals surface area contributed by atoms with Gasteiger partial charge in [0.25, 0.3) is 0 Å². The molecule has 0 saturated heterocycles. The van der Waals surface area contributed by atoms with Gasteiger partial charge in [-0.1, -0.05) is 48.5 Å². The standard InChI is InChI=1S/C29H37N5O4S/c1-19(35)32-14-6-5-11-25(27(31)36)33-28(37)26(18-23-10-7-15-39-23)34(2)29(38)24(30)17-20-12-13-21-8-3-4-9-22(21)16-20/h3-4,7-10,12-13,15-16,24-26H,5-6,11,14,17-18,30H2,1-2H3,(H2,31,36)(H,32,35)(H,33,37)/t24-,25+,26-/m1/s1. The summed E-state index contributed by atoms with van der Waals surface area (Å²) in [5, 5.41) is 9.51. The van der Waals surface area contributed by atoms with Crippen molar-refractivity contribution in [1.82, 2.24) is 15.5 Å². The molecule has 4 amide bonds. The molecule has 3 aromatic rings. The Morgan fingerprint density at radius 1 is 0.974 bits per heavy atom. The molecule has 2 aromatic carbocycles. The highest BCUT2D eigenvalue weighted by Crippen LogP contribution is 2.18. The topological polar surface area (TPSA) is 148 Å². The first kappa shape index (κ1) is 29.8. The smallest absolute Gasteiger partial charge is 0.243 e. The number of hydrogen-bond donors (Lipinski definition) is 4. The predicted molar refractivity (Wildman–Crippen MR) is 154 cm³/mol. The van der Waals surface area contributed by atoms with Crippen LogP contribution in [0.1, 0.15) is 36.6 Å². The summed E-state index contributed by atoms with van der Waals surface area (Å²) < 4.78 is 0. The number of hydrogen-bond acceptors (Lipinski definition) is 6. The molecule has 0 bridgehead atoms. The summed E-state index contributed by atoms with van der Waals surface area (Å²) in [4.78, 5) is 52.3. The van der Waals surface area contributed by atoms with E-state index in [2.05, 4.69) is 10.6 Å². The largest absolute Gasteiger partial charge is 0.368 e. The summed E-state index contributed by atoms with van der Waals surface area (Å²) in [6.07, 6.45) is 2.14. The van der Waals surface area contributed by atoms with Crippen molar-refractivity contribution >= 4 is 45.7 Å². The van der Waals surface area contributed by atoms with E-state index in [1.807, 2.05) is 60.0 Å². The van der Waals surface area contributed by atoms with Gasteiger partial charge >= 0.3 is 0 Å². The van der Waals surface area contributed by atoms with Crippen molar-refractivity contribution < 1.29 is 19.2 Å². The van der Waals surface area contributed by atoms with Gasteiger partial charge in [-0.3, -0.25) is 19.2 Å². The van der Waals surface area contributed by atoms with Gasteiger partial charge in [-0.05, 0) is 53.5 Å². The van der Waals surface area contributed by atoms with Crippen LogP contribution in [0, 0.1) is 0 Å². The maximum atomic E-state index is 13.4. The van der Waals surface area contributed by atoms with Crippen molar-refractivity contribution in [2.75, 3.05) is 13.6 Å². The summed E-state index contributed by atoms with van der Waals surface area (Å²) in [5.74, 6) is -1.62. The predicted octanol–water partition coefficient (Wildman–Crippen LogP) is 2.12. The Bertz CT molecular complexity index is 1280. The molecule has 39 heavy (non-hydrogen) atoms. The van der Waals surface area contributed by atoms with Crippen LogP contribution in [-0.2, 0) is 32.0 Å². The van der Waals surface area contributed by atoms with Gasteiger partial charge in [0, 0.05) is 31.8 Å². The van der Waals surface area contributed by atoms with E-state index in [-0.39, 0.29) is 18.2 Å². The molecule has 0 fully saturated rings. The molecule has 3 atom stereocenters. The van der Waals surface area contributed by atoms with E-state index in [1.165, 1.54) is 23.2 Å². The van der Waals surface area contributed by atoms with Crippen LogP contribution in [0.3, 0.4) is 0 Å². The Hall–Kier alpha value is -3.76. The molecule has 1 heterocycles. The number of likely N-dealkylation sites (N-methyl/N-ethyl adjacent to an activating group) is 1. The minimum atomic E-state index is -0.893. The molecular weight excluding hydrogens is 514 g/mol. The SMILES string of the molecule is CC(=O)NCCCC[C@H](NC(=O)[C@@H](Cc1cccs1)N(C)C(=O)[C@H](N)Cc1ccc2ccccc2c1)C(N)=O. The van der Waals surface area contributed by atoms with Gasteiger partial charge in [0.2, 0.25) is 23.6 Å². The van der Waals surface area contributed by atoms with E-state index < -0.39 is 29.9 Å². The Morgan fingerprint density at radius 3 is 2.38 bits per heavy atom. The van der Waals surface area contributed by atoms with Crippen LogP contribution in [0.15, 0.2) is 60.0 Å². The summed E-state index contributed by atoms with van der Waals surface area (Å²) in [6.45, 7) is 1.91. The van der Waals surface area contributed by atoms with Crippen molar-refractivity contribution in [3.05, 3.63) is 70.4 Å². The third-order valence-corrected chi connectivity index (χ3v) is 7.53. The summed E-state index contributed by atoms with van der Waals surface area (Å²) in [5.41, 5.74) is 12.8. The summed E-state index contributed by atoms with van der Waals surface area (Å²) >= 11 is 1.48. The minimum Gasteiger partial charge on any atom is -0.368 e. The Balaban J connectivity index is 1.69. The number of nitrogens with one attached hydrogen (secondary N) is 2. The first-order valence-electron chi connectivity index (χ1n) is 13.0. The number of carbonyl (C=O) groups excluding carboxylic acids is 4. The van der Waals surface area contributed by atoms with Crippen LogP contribution in [0.2, 0.25) is 0 Å². The zero-order valence-corrected chi connectivity index (χ0v) is 23.2. The zero-order chi connectivity index (χ0) is 28.4. The molecule has 208 valence electrons. The second kappa shape index (κ2) is 14.4. The Morgan fingerprint density at radius 2 is 1.72 bits per heavy atom. The third kappa shape index (κ3) is 8.90. The van der Waals surface area contributed by atoms with Gasteiger partial charge in [0.1, 0.15) is 12.1 Å². The van der Waals surface area contributed by atoms with Crippen LogP contribution in [0.4, 0.5) is 0 Å². The lowest BCUT2D eigenvalue weighted by atomic mass is 10.0. The molecule has 0 aliphatic rings. The average Bonchev–Trinajstić information content (AvgIpc) is 3.43. The molecule has 3 rings (SSSR count). The van der Waals surface area contributed by atoms with Crippen LogP contribution in [0.5, 0.6) is 0 Å². The van der Waals surface area contributed by atoms with Crippen LogP contribution in [-0.4, -0.2) is 60.2 Å². The second-order valence-electron chi connectivity index (χ2n) is 9.68. The zero-order valence-electron chi connectivity index (χ0n) is 22.4. The molecule has 1 aromatic heterocycles. The number of thiophene rings is 1. The highest BCUT2D eigenvalue weighted by molar-refractivity contribution is 7.09. The van der Waals surface area contributed by atoms with Gasteiger partial charge in [-0.2, -0.15) is 0 Å². The fraction of sp³-hybridized carbons (Fsp3) is 0.379. The van der Waals surface area contributed by atoms with Gasteiger partial charge in [0.15, 0.2) is 0 Å². The third-order valence-electron chi connectivity index (χ3n) is 6.63. The molecule has 0 saturated carbocycles. The Labute approximate surface area is 232 Å². The summed E-state index contributed by atoms with van der Waals surface area (Å²) in [6, 6.07) is 15.1. The molecule has 0 unspecified atom stereocenters. The number of amides is 4. The molecule has 0 aliphatic heterocycles. The van der Waals surface area contributed by atoms with Crippen molar-refractivity contribution in [2.24, 2.45) is 11.5 Å². The normalized spacial score (nSPS) is 13.3. The highest BCUT2D eigenvalue weighted by atomic mass is 32.1. The van der Waals surface area contributed by atoms with E-state index in [1.54, 1.807) is 7.05 Å². The molecule has 0 radical (unpaired) electrons. The molecule has 9 nitrogen and oxygen atoms in total. The monoisotopic (exact) mass is 551 g/mol. The maximum Gasteiger partial charge on any atom is 0.243 e. The quantitative estimate of drug-likeness (QED) is 0.227. The van der Waals surface area contributed by atoms with E-state index in [9.17, 15) is 19.2 Å². The minimum absolute atomic E-state index is 0.127. The molecule has 0 spiro atoms. The van der Waals surface area contributed by atoms with Crippen molar-refractivity contribution in [3.63, 3.8) is 0 Å². The summed E-state index contributed by atoms with van der Waals surface area (Å²) in [7, 11) is 1.56. The van der Waals surface area contributed by atoms with Gasteiger partial charge in [-0.25, -0.2) is 0 Å². The van der Waals surface area contributed by atoms with Crippen molar-refractivity contribution in [1.29, 1.82) is 0 Å². The van der Waals surface area contributed by atoms with E-state index in [4.69, 9.17) is 11.5 Å². The number of fused-ring (bicyclic) bond motifs is 1. The van der Waals surface area contributed by atoms with Crippen LogP contribution in [0.25, 0.3) is 10.8 Å². The van der Waals surface area contributed by atoms with Crippen molar-refractivity contribution in [2.45, 2.75) is 57.2 Å². The van der Waals surface area contributed by atoms with Crippen molar-refractivity contribution in [3.8, 4) is 0 Å². The second-order valence-corrected chi connectivity index (χ2v) is 10.7. The lowest BCUT2D eigenvalue weighted by molar-refractivity contribution is -0.140. The van der Waals surface area contributed by atoms with Gasteiger partial charge < -0.3 is 27.0 Å². The van der Waals surface area contributed by atoms with E-state index in [0.29, 0.717) is 32.2 Å². The van der Waals surface area contributed by atoms with Gasteiger partial charge in [0.05, 0.1) is 6.04 Å². The van der Waals surface area contributed by atoms with E-state index >= 15 is 0 Å². The number of benzene rings is 2. The van der Waals surface area contributed by atoms with Crippen LogP contribution >= 0.6 is 11.3 Å². The fourth-order valence-electron chi connectivity index (χ4n) is 4.44. The Kier molecular flexibility index (Phi) is 11.0.